The van der Waals surface area contributed by atoms with Gasteiger partial charge in [-0.25, -0.2) is 0 Å². The summed E-state index contributed by atoms with van der Waals surface area (Å²) in [6.07, 6.45) is 1.98. The predicted molar refractivity (Wildman–Crippen MR) is 71.4 cm³/mol. The Balaban J connectivity index is 2.60. The lowest BCUT2D eigenvalue weighted by Gasteiger charge is -2.15. The van der Waals surface area contributed by atoms with Crippen LogP contribution in [0, 0.1) is 12.8 Å². The maximum Gasteiger partial charge on any atom is 0.122 e. The first-order valence-electron chi connectivity index (χ1n) is 6.46. The van der Waals surface area contributed by atoms with Gasteiger partial charge in [0.05, 0.1) is 12.7 Å². The Labute approximate surface area is 105 Å². The summed E-state index contributed by atoms with van der Waals surface area (Å²) >= 11 is 0. The molecule has 1 rings (SSSR count). The van der Waals surface area contributed by atoms with Crippen LogP contribution in [0.4, 0.5) is 0 Å². The zero-order chi connectivity index (χ0) is 12.8. The van der Waals surface area contributed by atoms with Crippen molar-refractivity contribution in [2.75, 3.05) is 6.61 Å². The Morgan fingerprint density at radius 2 is 2.00 bits per heavy atom. The van der Waals surface area contributed by atoms with E-state index in [1.165, 1.54) is 12.8 Å². The Bertz CT molecular complexity index is 345. The van der Waals surface area contributed by atoms with Crippen molar-refractivity contribution in [3.8, 4) is 5.75 Å². The molecular formula is C15H24O2. The summed E-state index contributed by atoms with van der Waals surface area (Å²) in [6, 6.07) is 5.87. The van der Waals surface area contributed by atoms with E-state index in [4.69, 9.17) is 4.74 Å². The molecular weight excluding hydrogens is 212 g/mol. The largest absolute Gasteiger partial charge is 0.493 e. The van der Waals surface area contributed by atoms with Crippen molar-refractivity contribution in [1.29, 1.82) is 0 Å². The number of benzene rings is 1. The summed E-state index contributed by atoms with van der Waals surface area (Å²) in [4.78, 5) is 0. The van der Waals surface area contributed by atoms with Crippen molar-refractivity contribution in [2.24, 2.45) is 5.92 Å². The summed E-state index contributed by atoms with van der Waals surface area (Å²) in [5.41, 5.74) is 2.03. The number of aryl methyl sites for hydroxylation is 1. The lowest BCUT2D eigenvalue weighted by Crippen LogP contribution is -2.09. The Hall–Kier alpha value is -1.02. The Morgan fingerprint density at radius 3 is 2.53 bits per heavy atom. The van der Waals surface area contributed by atoms with E-state index in [9.17, 15) is 5.11 Å². The minimum atomic E-state index is -0.415. The van der Waals surface area contributed by atoms with Crippen LogP contribution in [0.15, 0.2) is 18.2 Å². The summed E-state index contributed by atoms with van der Waals surface area (Å²) in [6.45, 7) is 8.97. The molecule has 0 fully saturated rings. The van der Waals surface area contributed by atoms with Crippen molar-refractivity contribution < 1.29 is 9.84 Å². The molecule has 0 aliphatic heterocycles. The van der Waals surface area contributed by atoms with Gasteiger partial charge in [0.15, 0.2) is 0 Å². The monoisotopic (exact) mass is 236 g/mol. The van der Waals surface area contributed by atoms with Gasteiger partial charge in [-0.15, -0.1) is 0 Å². The van der Waals surface area contributed by atoms with Gasteiger partial charge in [0.2, 0.25) is 0 Å². The van der Waals surface area contributed by atoms with Gasteiger partial charge in [-0.1, -0.05) is 26.3 Å². The van der Waals surface area contributed by atoms with Crippen LogP contribution >= 0.6 is 0 Å². The predicted octanol–water partition coefficient (Wildman–Crippen LogP) is 3.86. The lowest BCUT2D eigenvalue weighted by atomic mass is 10.1. The normalized spacial score (nSPS) is 14.4. The summed E-state index contributed by atoms with van der Waals surface area (Å²) in [7, 11) is 0. The highest BCUT2D eigenvalue weighted by Gasteiger charge is 2.07. The third kappa shape index (κ3) is 4.39. The van der Waals surface area contributed by atoms with Gasteiger partial charge in [0, 0.05) is 0 Å². The zero-order valence-corrected chi connectivity index (χ0v) is 11.4. The molecule has 0 amide bonds. The fourth-order valence-electron chi connectivity index (χ4n) is 1.90. The van der Waals surface area contributed by atoms with Crippen LogP contribution in [0.5, 0.6) is 5.75 Å². The highest BCUT2D eigenvalue weighted by Crippen LogP contribution is 2.23. The quantitative estimate of drug-likeness (QED) is 0.812. The number of hydrogen-bond donors (Lipinski definition) is 1. The molecule has 2 heteroatoms. The molecule has 1 aromatic carbocycles. The van der Waals surface area contributed by atoms with Gasteiger partial charge in [-0.2, -0.15) is 0 Å². The SMILES string of the molecule is CCCC(C)COc1ccc([C@H](C)O)cc1C. The molecule has 17 heavy (non-hydrogen) atoms. The van der Waals surface area contributed by atoms with Crippen LogP contribution in [0.3, 0.4) is 0 Å². The van der Waals surface area contributed by atoms with Crippen LogP contribution in [0.2, 0.25) is 0 Å². The first-order valence-corrected chi connectivity index (χ1v) is 6.46. The van der Waals surface area contributed by atoms with Gasteiger partial charge in [-0.3, -0.25) is 0 Å². The van der Waals surface area contributed by atoms with E-state index in [1.54, 1.807) is 6.92 Å². The van der Waals surface area contributed by atoms with Crippen LogP contribution in [0.25, 0.3) is 0 Å². The summed E-state index contributed by atoms with van der Waals surface area (Å²) in [5.74, 6) is 1.52. The third-order valence-corrected chi connectivity index (χ3v) is 2.99. The first-order chi connectivity index (χ1) is 8.04. The van der Waals surface area contributed by atoms with E-state index < -0.39 is 6.10 Å². The topological polar surface area (TPSA) is 29.5 Å². The molecule has 0 saturated heterocycles. The average Bonchev–Trinajstić information content (AvgIpc) is 2.27. The van der Waals surface area contributed by atoms with E-state index in [0.717, 1.165) is 23.5 Å². The highest BCUT2D eigenvalue weighted by molar-refractivity contribution is 5.36. The summed E-state index contributed by atoms with van der Waals surface area (Å²) < 4.78 is 5.80. The molecule has 2 atom stereocenters. The minimum Gasteiger partial charge on any atom is -0.493 e. The molecule has 1 aromatic rings. The fraction of sp³-hybridized carbons (Fsp3) is 0.600. The first kappa shape index (κ1) is 14.0. The lowest BCUT2D eigenvalue weighted by molar-refractivity contribution is 0.199. The molecule has 0 bridgehead atoms. The molecule has 96 valence electrons. The van der Waals surface area contributed by atoms with Crippen LogP contribution in [0.1, 0.15) is 50.8 Å². The summed E-state index contributed by atoms with van der Waals surface area (Å²) in [5, 5.41) is 9.49. The van der Waals surface area contributed by atoms with E-state index in [1.807, 2.05) is 25.1 Å². The number of aliphatic hydroxyl groups excluding tert-OH is 1. The molecule has 1 N–H and O–H groups in total. The van der Waals surface area contributed by atoms with Crippen LogP contribution in [-0.2, 0) is 0 Å². The maximum absolute atomic E-state index is 9.49. The van der Waals surface area contributed by atoms with Crippen molar-refractivity contribution in [3.63, 3.8) is 0 Å². The molecule has 0 heterocycles. The second-order valence-electron chi connectivity index (χ2n) is 4.91. The van der Waals surface area contributed by atoms with Crippen molar-refractivity contribution in [1.82, 2.24) is 0 Å². The second-order valence-corrected chi connectivity index (χ2v) is 4.91. The maximum atomic E-state index is 9.49. The van der Waals surface area contributed by atoms with Crippen molar-refractivity contribution in [3.05, 3.63) is 29.3 Å². The smallest absolute Gasteiger partial charge is 0.122 e. The van der Waals surface area contributed by atoms with Crippen LogP contribution < -0.4 is 4.74 Å². The standard InChI is InChI=1S/C15H24O2/c1-5-6-11(2)10-17-15-8-7-14(13(4)16)9-12(15)3/h7-9,11,13,16H,5-6,10H2,1-4H3/t11?,13-/m0/s1. The Morgan fingerprint density at radius 1 is 1.29 bits per heavy atom. The van der Waals surface area contributed by atoms with Gasteiger partial charge in [0.1, 0.15) is 5.75 Å². The number of aliphatic hydroxyl groups is 1. The molecule has 0 radical (unpaired) electrons. The minimum absolute atomic E-state index is 0.415. The molecule has 2 nitrogen and oxygen atoms in total. The fourth-order valence-corrected chi connectivity index (χ4v) is 1.90. The van der Waals surface area contributed by atoms with E-state index in [-0.39, 0.29) is 0 Å². The van der Waals surface area contributed by atoms with Crippen LogP contribution in [-0.4, -0.2) is 11.7 Å². The molecule has 0 aliphatic rings. The number of rotatable bonds is 6. The van der Waals surface area contributed by atoms with Gasteiger partial charge in [0.25, 0.3) is 0 Å². The molecule has 0 spiro atoms. The Kier molecular flexibility index (Phi) is 5.49. The van der Waals surface area contributed by atoms with E-state index in [2.05, 4.69) is 13.8 Å². The van der Waals surface area contributed by atoms with E-state index in [0.29, 0.717) is 5.92 Å². The van der Waals surface area contributed by atoms with Gasteiger partial charge < -0.3 is 9.84 Å². The zero-order valence-electron chi connectivity index (χ0n) is 11.4. The highest BCUT2D eigenvalue weighted by atomic mass is 16.5. The average molecular weight is 236 g/mol. The molecule has 1 unspecified atom stereocenters. The molecule has 0 aliphatic carbocycles. The second kappa shape index (κ2) is 6.65. The molecule has 0 aromatic heterocycles. The van der Waals surface area contributed by atoms with Crippen molar-refractivity contribution >= 4 is 0 Å². The number of hydrogen-bond acceptors (Lipinski definition) is 2. The van der Waals surface area contributed by atoms with Crippen molar-refractivity contribution in [2.45, 2.75) is 46.6 Å². The van der Waals surface area contributed by atoms with Gasteiger partial charge >= 0.3 is 0 Å². The van der Waals surface area contributed by atoms with E-state index >= 15 is 0 Å². The number of ether oxygens (including phenoxy) is 1. The third-order valence-electron chi connectivity index (χ3n) is 2.99. The van der Waals surface area contributed by atoms with Gasteiger partial charge in [-0.05, 0) is 49.4 Å². The molecule has 0 saturated carbocycles.